The van der Waals surface area contributed by atoms with Crippen molar-refractivity contribution in [3.05, 3.63) is 0 Å². The van der Waals surface area contributed by atoms with Gasteiger partial charge in [0.25, 0.3) is 0 Å². The van der Waals surface area contributed by atoms with Crippen molar-refractivity contribution in [2.75, 3.05) is 19.6 Å². The van der Waals surface area contributed by atoms with Gasteiger partial charge in [0.2, 0.25) is 5.91 Å². The van der Waals surface area contributed by atoms with Crippen molar-refractivity contribution in [3.8, 4) is 0 Å². The molecule has 1 fully saturated rings. The van der Waals surface area contributed by atoms with Crippen LogP contribution in [0.3, 0.4) is 0 Å². The topological polar surface area (TPSA) is 86.8 Å². The molecular weight excluding hydrogens is 238 g/mol. The zero-order valence-electron chi connectivity index (χ0n) is 10.7. The summed E-state index contributed by atoms with van der Waals surface area (Å²) in [5.41, 5.74) is 0. The molecule has 0 unspecified atom stereocenters. The molecule has 0 bridgehead atoms. The first-order valence-corrected chi connectivity index (χ1v) is 5.82. The van der Waals surface area contributed by atoms with Crippen LogP contribution in [0, 0.1) is 5.92 Å². The quantitative estimate of drug-likeness (QED) is 0.533. The molecule has 1 rings (SSSR count). The molecule has 0 radical (unpaired) electrons. The summed E-state index contributed by atoms with van der Waals surface area (Å²) in [5, 5.41) is 2.47. The minimum absolute atomic E-state index is 0.0649. The molecule has 18 heavy (non-hydrogen) atoms. The number of nitrogens with one attached hydrogen (secondary N) is 1. The molecule has 7 nitrogen and oxygen atoms in total. The minimum Gasteiger partial charge on any atom is -0.355 e. The number of nitrogens with zero attached hydrogens (tertiary/aromatic N) is 2. The van der Waals surface area contributed by atoms with E-state index in [2.05, 4.69) is 5.32 Å². The number of amides is 5. The maximum atomic E-state index is 11.8. The van der Waals surface area contributed by atoms with Gasteiger partial charge in [0.15, 0.2) is 0 Å². The van der Waals surface area contributed by atoms with Crippen molar-refractivity contribution in [1.82, 2.24) is 15.1 Å². The van der Waals surface area contributed by atoms with Crippen LogP contribution in [0.15, 0.2) is 0 Å². The molecule has 0 saturated carbocycles. The van der Waals surface area contributed by atoms with Crippen LogP contribution < -0.4 is 5.32 Å². The van der Waals surface area contributed by atoms with Gasteiger partial charge in [-0.3, -0.25) is 19.3 Å². The van der Waals surface area contributed by atoms with Gasteiger partial charge < -0.3 is 5.32 Å². The summed E-state index contributed by atoms with van der Waals surface area (Å²) in [6.07, 6.45) is 0. The molecule has 0 aromatic rings. The summed E-state index contributed by atoms with van der Waals surface area (Å²) >= 11 is 0. The first kappa shape index (κ1) is 14.1. The third-order valence-corrected chi connectivity index (χ3v) is 2.36. The van der Waals surface area contributed by atoms with Gasteiger partial charge >= 0.3 is 17.8 Å². The highest BCUT2D eigenvalue weighted by molar-refractivity contribution is 6.45. The van der Waals surface area contributed by atoms with Crippen molar-refractivity contribution in [3.63, 3.8) is 0 Å². The van der Waals surface area contributed by atoms with Crippen molar-refractivity contribution in [1.29, 1.82) is 0 Å². The van der Waals surface area contributed by atoms with Crippen LogP contribution in [0.5, 0.6) is 0 Å². The van der Waals surface area contributed by atoms with Gasteiger partial charge in [-0.1, -0.05) is 13.8 Å². The SMILES string of the molecule is CCNC(=O)CN1C(=O)C(=O)N(CC(C)C)C1=O. The molecule has 1 heterocycles. The number of hydrogen-bond donors (Lipinski definition) is 1. The molecule has 0 spiro atoms. The molecule has 1 N–H and O–H groups in total. The highest BCUT2D eigenvalue weighted by atomic mass is 16.2. The number of rotatable bonds is 5. The van der Waals surface area contributed by atoms with Crippen molar-refractivity contribution in [2.45, 2.75) is 20.8 Å². The Morgan fingerprint density at radius 1 is 1.17 bits per heavy atom. The maximum absolute atomic E-state index is 11.8. The van der Waals surface area contributed by atoms with Crippen molar-refractivity contribution < 1.29 is 19.2 Å². The van der Waals surface area contributed by atoms with Crippen molar-refractivity contribution >= 4 is 23.8 Å². The van der Waals surface area contributed by atoms with Gasteiger partial charge in [0, 0.05) is 13.1 Å². The molecule has 1 aliphatic heterocycles. The molecule has 1 saturated heterocycles. The van der Waals surface area contributed by atoms with Gasteiger partial charge in [0.05, 0.1) is 0 Å². The Balaban J connectivity index is 2.77. The van der Waals surface area contributed by atoms with E-state index in [1.54, 1.807) is 6.92 Å². The number of carbonyl (C=O) groups is 4. The largest absolute Gasteiger partial charge is 0.355 e. The smallest absolute Gasteiger partial charge is 0.334 e. The van der Waals surface area contributed by atoms with Gasteiger partial charge in [0.1, 0.15) is 6.54 Å². The van der Waals surface area contributed by atoms with E-state index in [1.807, 2.05) is 13.8 Å². The van der Waals surface area contributed by atoms with E-state index < -0.39 is 30.3 Å². The second-order valence-corrected chi connectivity index (χ2v) is 4.44. The Hall–Kier alpha value is -1.92. The van der Waals surface area contributed by atoms with Crippen LogP contribution in [-0.2, 0) is 14.4 Å². The van der Waals surface area contributed by atoms with Crippen molar-refractivity contribution in [2.24, 2.45) is 5.92 Å². The Bertz CT molecular complexity index is 392. The molecule has 0 aromatic carbocycles. The van der Waals surface area contributed by atoms with E-state index in [4.69, 9.17) is 0 Å². The Morgan fingerprint density at radius 3 is 2.22 bits per heavy atom. The molecule has 0 atom stereocenters. The predicted octanol–water partition coefficient (Wildman–Crippen LogP) is -0.431. The average Bonchev–Trinajstić information content (AvgIpc) is 2.46. The van der Waals surface area contributed by atoms with E-state index in [0.29, 0.717) is 11.4 Å². The minimum atomic E-state index is -0.938. The fourth-order valence-corrected chi connectivity index (χ4v) is 1.61. The molecule has 7 heteroatoms. The zero-order valence-corrected chi connectivity index (χ0v) is 10.7. The lowest BCUT2D eigenvalue weighted by Crippen LogP contribution is -2.41. The number of urea groups is 1. The number of imide groups is 2. The lowest BCUT2D eigenvalue weighted by molar-refractivity contribution is -0.144. The maximum Gasteiger partial charge on any atom is 0.334 e. The summed E-state index contributed by atoms with van der Waals surface area (Å²) in [5.74, 6) is -2.20. The molecule has 0 aliphatic carbocycles. The third-order valence-electron chi connectivity index (χ3n) is 2.36. The second kappa shape index (κ2) is 5.61. The second-order valence-electron chi connectivity index (χ2n) is 4.44. The Kier molecular flexibility index (Phi) is 4.41. The van der Waals surface area contributed by atoms with Gasteiger partial charge in [-0.2, -0.15) is 0 Å². The van der Waals surface area contributed by atoms with Crippen LogP contribution >= 0.6 is 0 Å². The fraction of sp³-hybridized carbons (Fsp3) is 0.636. The van der Waals surface area contributed by atoms with E-state index in [9.17, 15) is 19.2 Å². The average molecular weight is 255 g/mol. The van der Waals surface area contributed by atoms with E-state index in [0.717, 1.165) is 4.90 Å². The molecule has 100 valence electrons. The zero-order chi connectivity index (χ0) is 13.9. The normalized spacial score (nSPS) is 15.9. The van der Waals surface area contributed by atoms with Gasteiger partial charge in [-0.15, -0.1) is 0 Å². The lowest BCUT2D eigenvalue weighted by atomic mass is 10.2. The van der Waals surface area contributed by atoms with Crippen LogP contribution in [0.2, 0.25) is 0 Å². The Labute approximate surface area is 105 Å². The van der Waals surface area contributed by atoms with E-state index in [1.165, 1.54) is 0 Å². The van der Waals surface area contributed by atoms with Crippen LogP contribution in [0.4, 0.5) is 4.79 Å². The summed E-state index contributed by atoms with van der Waals surface area (Å²) in [4.78, 5) is 47.9. The van der Waals surface area contributed by atoms with Crippen LogP contribution in [-0.4, -0.2) is 53.2 Å². The van der Waals surface area contributed by atoms with E-state index in [-0.39, 0.29) is 12.5 Å². The van der Waals surface area contributed by atoms with Gasteiger partial charge in [-0.05, 0) is 12.8 Å². The standard InChI is InChI=1S/C11H17N3O4/c1-4-12-8(15)6-14-10(17)9(16)13(11(14)18)5-7(2)3/h7H,4-6H2,1-3H3,(H,12,15). The number of hydrogen-bond acceptors (Lipinski definition) is 4. The molecular formula is C11H17N3O4. The number of carbonyl (C=O) groups excluding carboxylic acids is 4. The molecule has 0 aromatic heterocycles. The summed E-state index contributed by atoms with van der Waals surface area (Å²) < 4.78 is 0. The fourth-order valence-electron chi connectivity index (χ4n) is 1.61. The van der Waals surface area contributed by atoms with Gasteiger partial charge in [-0.25, -0.2) is 9.69 Å². The monoisotopic (exact) mass is 255 g/mol. The highest BCUT2D eigenvalue weighted by Gasteiger charge is 2.45. The molecule has 5 amide bonds. The Morgan fingerprint density at radius 2 is 1.72 bits per heavy atom. The summed E-state index contributed by atoms with van der Waals surface area (Å²) in [6.45, 7) is 5.55. The first-order valence-electron chi connectivity index (χ1n) is 5.82. The lowest BCUT2D eigenvalue weighted by Gasteiger charge is -2.16. The predicted molar refractivity (Wildman–Crippen MR) is 62.3 cm³/mol. The highest BCUT2D eigenvalue weighted by Crippen LogP contribution is 2.13. The van der Waals surface area contributed by atoms with Crippen LogP contribution in [0.25, 0.3) is 0 Å². The third kappa shape index (κ3) is 2.85. The summed E-state index contributed by atoms with van der Waals surface area (Å²) in [7, 11) is 0. The van der Waals surface area contributed by atoms with E-state index >= 15 is 0 Å². The number of likely N-dealkylation sites (N-methyl/N-ethyl adjacent to an activating group) is 1. The summed E-state index contributed by atoms with van der Waals surface area (Å²) in [6, 6.07) is -0.718. The first-order chi connectivity index (χ1) is 8.38. The molecule has 1 aliphatic rings. The van der Waals surface area contributed by atoms with Crippen LogP contribution in [0.1, 0.15) is 20.8 Å².